The molecule has 0 bridgehead atoms. The third-order valence-corrected chi connectivity index (χ3v) is 3.15. The highest BCUT2D eigenvalue weighted by Crippen LogP contribution is 2.13. The van der Waals surface area contributed by atoms with Crippen molar-refractivity contribution in [3.05, 3.63) is 47.5 Å². The number of esters is 1. The highest BCUT2D eigenvalue weighted by molar-refractivity contribution is 5.89. The topological polar surface area (TPSA) is 55.8 Å². The molecule has 0 aromatic heterocycles. The van der Waals surface area contributed by atoms with Crippen molar-refractivity contribution >= 4 is 12.1 Å². The number of hydrogen-bond donors (Lipinski definition) is 0. The maximum atomic E-state index is 12.0. The van der Waals surface area contributed by atoms with Crippen LogP contribution in [0.2, 0.25) is 0 Å². The molecular formula is C16H19NO4. The first-order chi connectivity index (χ1) is 10.2. The molecule has 112 valence electrons. The molecule has 1 heterocycles. The third-order valence-electron chi connectivity index (χ3n) is 3.15. The number of amides is 1. The summed E-state index contributed by atoms with van der Waals surface area (Å²) in [6.45, 7) is 3.11. The van der Waals surface area contributed by atoms with Gasteiger partial charge in [0, 0.05) is 6.54 Å². The fourth-order valence-corrected chi connectivity index (χ4v) is 2.08. The van der Waals surface area contributed by atoms with Gasteiger partial charge >= 0.3 is 12.1 Å². The molecule has 0 spiro atoms. The van der Waals surface area contributed by atoms with Gasteiger partial charge in [-0.1, -0.05) is 36.4 Å². The Morgan fingerprint density at radius 2 is 1.95 bits per heavy atom. The van der Waals surface area contributed by atoms with Gasteiger partial charge in [0.2, 0.25) is 0 Å². The van der Waals surface area contributed by atoms with Crippen LogP contribution in [0.15, 0.2) is 42.0 Å². The van der Waals surface area contributed by atoms with E-state index in [1.165, 1.54) is 4.90 Å². The molecule has 1 aromatic rings. The number of carbonyl (C=O) groups is 2. The maximum absolute atomic E-state index is 12.0. The lowest BCUT2D eigenvalue weighted by atomic mass is 10.1. The first kappa shape index (κ1) is 15.1. The Balaban J connectivity index is 1.86. The molecule has 1 amide bonds. The summed E-state index contributed by atoms with van der Waals surface area (Å²) in [6.07, 6.45) is 2.04. The highest BCUT2D eigenvalue weighted by atomic mass is 16.6. The minimum atomic E-state index is -0.409. The number of rotatable bonds is 4. The summed E-state index contributed by atoms with van der Waals surface area (Å²) in [5, 5.41) is 0. The molecular weight excluding hydrogens is 270 g/mol. The van der Waals surface area contributed by atoms with Crippen molar-refractivity contribution in [2.45, 2.75) is 20.0 Å². The Bertz CT molecular complexity index is 524. The van der Waals surface area contributed by atoms with E-state index in [0.29, 0.717) is 25.1 Å². The zero-order valence-corrected chi connectivity index (χ0v) is 12.1. The molecule has 1 aromatic carbocycles. The van der Waals surface area contributed by atoms with E-state index in [1.807, 2.05) is 36.4 Å². The Hall–Kier alpha value is -2.30. The second-order valence-corrected chi connectivity index (χ2v) is 4.70. The molecule has 0 aliphatic carbocycles. The SMILES string of the molecule is CCOC(=O)C1=CCCN(C(=O)OCc2ccccc2)C1. The van der Waals surface area contributed by atoms with Gasteiger partial charge in [-0.3, -0.25) is 0 Å². The predicted molar refractivity (Wildman–Crippen MR) is 77.5 cm³/mol. The molecule has 0 saturated heterocycles. The molecule has 1 aliphatic rings. The minimum Gasteiger partial charge on any atom is -0.463 e. The number of nitrogens with zero attached hydrogens (tertiary/aromatic N) is 1. The van der Waals surface area contributed by atoms with E-state index in [1.54, 1.807) is 6.92 Å². The van der Waals surface area contributed by atoms with Crippen LogP contribution in [0.5, 0.6) is 0 Å². The number of carbonyl (C=O) groups excluding carboxylic acids is 2. The average Bonchev–Trinajstić information content (AvgIpc) is 2.54. The van der Waals surface area contributed by atoms with Crippen molar-refractivity contribution in [3.63, 3.8) is 0 Å². The number of ether oxygens (including phenoxy) is 2. The van der Waals surface area contributed by atoms with Gasteiger partial charge in [-0.05, 0) is 18.9 Å². The van der Waals surface area contributed by atoms with Crippen LogP contribution in [-0.2, 0) is 20.9 Å². The lowest BCUT2D eigenvalue weighted by molar-refractivity contribution is -0.138. The molecule has 2 rings (SSSR count). The van der Waals surface area contributed by atoms with E-state index in [9.17, 15) is 9.59 Å². The summed E-state index contributed by atoms with van der Waals surface area (Å²) in [7, 11) is 0. The van der Waals surface area contributed by atoms with Crippen molar-refractivity contribution in [2.75, 3.05) is 19.7 Å². The fraction of sp³-hybridized carbons (Fsp3) is 0.375. The zero-order chi connectivity index (χ0) is 15.1. The first-order valence-corrected chi connectivity index (χ1v) is 7.02. The van der Waals surface area contributed by atoms with Crippen molar-refractivity contribution < 1.29 is 19.1 Å². The van der Waals surface area contributed by atoms with Gasteiger partial charge in [-0.15, -0.1) is 0 Å². The summed E-state index contributed by atoms with van der Waals surface area (Å²) in [4.78, 5) is 25.2. The van der Waals surface area contributed by atoms with E-state index >= 15 is 0 Å². The molecule has 1 aliphatic heterocycles. The monoisotopic (exact) mass is 289 g/mol. The third kappa shape index (κ3) is 4.34. The van der Waals surface area contributed by atoms with E-state index in [2.05, 4.69) is 0 Å². The van der Waals surface area contributed by atoms with Gasteiger partial charge in [0.05, 0.1) is 18.7 Å². The minimum absolute atomic E-state index is 0.231. The second kappa shape index (κ2) is 7.47. The smallest absolute Gasteiger partial charge is 0.410 e. The van der Waals surface area contributed by atoms with Crippen LogP contribution >= 0.6 is 0 Å². The van der Waals surface area contributed by atoms with Crippen molar-refractivity contribution in [2.24, 2.45) is 0 Å². The Kier molecular flexibility index (Phi) is 5.37. The van der Waals surface area contributed by atoms with Gasteiger partial charge in [-0.2, -0.15) is 0 Å². The summed E-state index contributed by atoms with van der Waals surface area (Å²) in [6, 6.07) is 9.49. The van der Waals surface area contributed by atoms with Gasteiger partial charge in [0.25, 0.3) is 0 Å². The lowest BCUT2D eigenvalue weighted by Crippen LogP contribution is -2.38. The van der Waals surface area contributed by atoms with E-state index in [0.717, 1.165) is 5.56 Å². The van der Waals surface area contributed by atoms with Crippen LogP contribution in [0.25, 0.3) is 0 Å². The van der Waals surface area contributed by atoms with Crippen molar-refractivity contribution in [1.29, 1.82) is 0 Å². The summed E-state index contributed by atoms with van der Waals surface area (Å²) >= 11 is 0. The second-order valence-electron chi connectivity index (χ2n) is 4.70. The Labute approximate surface area is 124 Å². The predicted octanol–water partition coefficient (Wildman–Crippen LogP) is 2.52. The molecule has 21 heavy (non-hydrogen) atoms. The van der Waals surface area contributed by atoms with Crippen LogP contribution in [0.4, 0.5) is 4.79 Å². The van der Waals surface area contributed by atoms with E-state index < -0.39 is 6.09 Å². The first-order valence-electron chi connectivity index (χ1n) is 7.02. The molecule has 0 radical (unpaired) electrons. The van der Waals surface area contributed by atoms with Crippen LogP contribution in [-0.4, -0.2) is 36.7 Å². The largest absolute Gasteiger partial charge is 0.463 e. The molecule has 5 nitrogen and oxygen atoms in total. The van der Waals surface area contributed by atoms with Gasteiger partial charge in [0.15, 0.2) is 0 Å². The Morgan fingerprint density at radius 3 is 2.67 bits per heavy atom. The summed E-state index contributed by atoms with van der Waals surface area (Å²) in [5.74, 6) is -0.363. The van der Waals surface area contributed by atoms with E-state index in [4.69, 9.17) is 9.47 Å². The maximum Gasteiger partial charge on any atom is 0.410 e. The van der Waals surface area contributed by atoms with Gasteiger partial charge in [0.1, 0.15) is 6.61 Å². The highest BCUT2D eigenvalue weighted by Gasteiger charge is 2.23. The summed E-state index contributed by atoms with van der Waals surface area (Å²) in [5.41, 5.74) is 1.45. The van der Waals surface area contributed by atoms with Gasteiger partial charge in [-0.25, -0.2) is 9.59 Å². The normalized spacial score (nSPS) is 14.3. The zero-order valence-electron chi connectivity index (χ0n) is 12.1. The van der Waals surface area contributed by atoms with Crippen LogP contribution in [0.1, 0.15) is 18.9 Å². The van der Waals surface area contributed by atoms with Crippen LogP contribution in [0, 0.1) is 0 Å². The number of hydrogen-bond acceptors (Lipinski definition) is 4. The van der Waals surface area contributed by atoms with Crippen LogP contribution < -0.4 is 0 Å². The number of benzene rings is 1. The van der Waals surface area contributed by atoms with Gasteiger partial charge < -0.3 is 14.4 Å². The molecule has 5 heteroatoms. The van der Waals surface area contributed by atoms with Crippen molar-refractivity contribution in [1.82, 2.24) is 4.90 Å². The standard InChI is InChI=1S/C16H19NO4/c1-2-20-15(18)14-9-6-10-17(11-14)16(19)21-12-13-7-4-3-5-8-13/h3-5,7-9H,2,6,10-12H2,1H3. The van der Waals surface area contributed by atoms with Crippen LogP contribution in [0.3, 0.4) is 0 Å². The van der Waals surface area contributed by atoms with Crippen molar-refractivity contribution in [3.8, 4) is 0 Å². The molecule has 0 saturated carbocycles. The molecule has 0 N–H and O–H groups in total. The fourth-order valence-electron chi connectivity index (χ4n) is 2.08. The molecule has 0 fully saturated rings. The lowest BCUT2D eigenvalue weighted by Gasteiger charge is -2.25. The molecule has 0 unspecified atom stereocenters. The summed E-state index contributed by atoms with van der Waals surface area (Å²) < 4.78 is 10.2. The van der Waals surface area contributed by atoms with E-state index in [-0.39, 0.29) is 19.1 Å². The average molecular weight is 289 g/mol. The molecule has 0 atom stereocenters. The Morgan fingerprint density at radius 1 is 1.19 bits per heavy atom. The quantitative estimate of drug-likeness (QED) is 0.799.